The highest BCUT2D eigenvalue weighted by atomic mass is 32.2. The van der Waals surface area contributed by atoms with E-state index in [2.05, 4.69) is 4.72 Å². The number of nitrogens with zero attached hydrogens (tertiary/aromatic N) is 1. The van der Waals surface area contributed by atoms with Crippen LogP contribution in [0, 0.1) is 18.8 Å². The number of imide groups is 1. The molecular formula is C24H26N2O5S. The zero-order valence-corrected chi connectivity index (χ0v) is 18.9. The lowest BCUT2D eigenvalue weighted by molar-refractivity contribution is -0.140. The highest BCUT2D eigenvalue weighted by Gasteiger charge is 2.47. The molecule has 0 unspecified atom stereocenters. The minimum atomic E-state index is -3.94. The molecule has 1 aliphatic heterocycles. The van der Waals surface area contributed by atoms with E-state index in [0.29, 0.717) is 16.7 Å². The molecule has 1 saturated heterocycles. The molecule has 2 aliphatic rings. The molecule has 0 radical (unpaired) electrons. The fraction of sp³-hybridized carbons (Fsp3) is 0.375. The molecule has 1 aliphatic carbocycles. The summed E-state index contributed by atoms with van der Waals surface area (Å²) in [6.07, 6.45) is 3.39. The summed E-state index contributed by atoms with van der Waals surface area (Å²) in [5.41, 5.74) is 1.81. The maximum Gasteiger partial charge on any atom is 0.262 e. The molecule has 2 aromatic rings. The molecule has 8 heteroatoms. The normalized spacial score (nSPS) is 20.9. The smallest absolute Gasteiger partial charge is 0.262 e. The van der Waals surface area contributed by atoms with Crippen LogP contribution in [0.15, 0.2) is 47.4 Å². The minimum absolute atomic E-state index is 0.0628. The van der Waals surface area contributed by atoms with Crippen molar-refractivity contribution < 1.29 is 22.8 Å². The SMILES string of the molecule is CC(=O)c1cccc(NS(=O)(=O)c2cc(CN3C(=O)[C@@H]4CCCC[C@H]4C3=O)ccc2C)c1. The van der Waals surface area contributed by atoms with E-state index in [-0.39, 0.29) is 46.6 Å². The molecule has 2 aromatic carbocycles. The molecule has 168 valence electrons. The van der Waals surface area contributed by atoms with E-state index in [1.54, 1.807) is 37.3 Å². The molecule has 2 fully saturated rings. The van der Waals surface area contributed by atoms with Crippen molar-refractivity contribution in [3.05, 3.63) is 59.2 Å². The van der Waals surface area contributed by atoms with Crippen molar-refractivity contribution in [2.75, 3.05) is 4.72 Å². The number of fused-ring (bicyclic) bond motifs is 1. The maximum absolute atomic E-state index is 13.1. The van der Waals surface area contributed by atoms with Crippen molar-refractivity contribution in [2.24, 2.45) is 11.8 Å². The lowest BCUT2D eigenvalue weighted by atomic mass is 9.81. The summed E-state index contributed by atoms with van der Waals surface area (Å²) in [5.74, 6) is -0.933. The van der Waals surface area contributed by atoms with Gasteiger partial charge in [0.2, 0.25) is 11.8 Å². The maximum atomic E-state index is 13.1. The van der Waals surface area contributed by atoms with Gasteiger partial charge in [-0.3, -0.25) is 24.0 Å². The van der Waals surface area contributed by atoms with E-state index < -0.39 is 10.0 Å². The van der Waals surface area contributed by atoms with Crippen molar-refractivity contribution in [1.29, 1.82) is 0 Å². The molecule has 32 heavy (non-hydrogen) atoms. The van der Waals surface area contributed by atoms with Crippen LogP contribution in [0.5, 0.6) is 0 Å². The van der Waals surface area contributed by atoms with Gasteiger partial charge in [-0.2, -0.15) is 0 Å². The third-order valence-corrected chi connectivity index (χ3v) is 7.86. The topological polar surface area (TPSA) is 101 Å². The average Bonchev–Trinajstić information content (AvgIpc) is 3.00. The van der Waals surface area contributed by atoms with Crippen molar-refractivity contribution in [3.63, 3.8) is 0 Å². The van der Waals surface area contributed by atoms with Crippen LogP contribution in [0.3, 0.4) is 0 Å². The molecule has 2 amide bonds. The first-order chi connectivity index (χ1) is 15.2. The lowest BCUT2D eigenvalue weighted by Crippen LogP contribution is -2.30. The number of amides is 2. The van der Waals surface area contributed by atoms with Crippen molar-refractivity contribution in [3.8, 4) is 0 Å². The van der Waals surface area contributed by atoms with Gasteiger partial charge in [-0.1, -0.05) is 37.1 Å². The Morgan fingerprint density at radius 2 is 1.69 bits per heavy atom. The number of carbonyl (C=O) groups is 3. The van der Waals surface area contributed by atoms with Gasteiger partial charge in [0.05, 0.1) is 23.3 Å². The number of anilines is 1. The molecule has 4 rings (SSSR count). The van der Waals surface area contributed by atoms with E-state index in [0.717, 1.165) is 25.7 Å². The predicted octanol–water partition coefficient (Wildman–Crippen LogP) is 3.67. The molecule has 0 bridgehead atoms. The largest absolute Gasteiger partial charge is 0.295 e. The highest BCUT2D eigenvalue weighted by molar-refractivity contribution is 7.92. The quantitative estimate of drug-likeness (QED) is 0.530. The molecule has 1 N–H and O–H groups in total. The monoisotopic (exact) mass is 454 g/mol. The second-order valence-corrected chi connectivity index (χ2v) is 10.3. The lowest BCUT2D eigenvalue weighted by Gasteiger charge is -2.19. The van der Waals surface area contributed by atoms with E-state index >= 15 is 0 Å². The van der Waals surface area contributed by atoms with E-state index in [1.165, 1.54) is 24.0 Å². The average molecular weight is 455 g/mol. The number of hydrogen-bond acceptors (Lipinski definition) is 5. The third-order valence-electron chi connectivity index (χ3n) is 6.34. The second-order valence-electron chi connectivity index (χ2n) is 8.60. The summed E-state index contributed by atoms with van der Waals surface area (Å²) in [5, 5.41) is 0. The second kappa shape index (κ2) is 8.50. The van der Waals surface area contributed by atoms with Gasteiger partial charge in [-0.25, -0.2) is 8.42 Å². The van der Waals surface area contributed by atoms with Gasteiger partial charge in [0.25, 0.3) is 10.0 Å². The minimum Gasteiger partial charge on any atom is -0.295 e. The Labute approximate surface area is 187 Å². The van der Waals surface area contributed by atoms with Crippen molar-refractivity contribution in [1.82, 2.24) is 4.90 Å². The van der Waals surface area contributed by atoms with Gasteiger partial charge in [0.1, 0.15) is 0 Å². The Balaban J connectivity index is 1.59. The van der Waals surface area contributed by atoms with Crippen LogP contribution in [0.4, 0.5) is 5.69 Å². The molecule has 2 atom stereocenters. The number of benzene rings is 2. The number of rotatable bonds is 6. The third kappa shape index (κ3) is 4.19. The van der Waals surface area contributed by atoms with Gasteiger partial charge in [-0.05, 0) is 56.0 Å². The van der Waals surface area contributed by atoms with Gasteiger partial charge >= 0.3 is 0 Å². The number of sulfonamides is 1. The summed E-state index contributed by atoms with van der Waals surface area (Å²) >= 11 is 0. The van der Waals surface area contributed by atoms with E-state index in [9.17, 15) is 22.8 Å². The van der Waals surface area contributed by atoms with Crippen LogP contribution in [0.1, 0.15) is 54.1 Å². The Morgan fingerprint density at radius 3 is 2.31 bits per heavy atom. The van der Waals surface area contributed by atoms with Gasteiger partial charge in [0.15, 0.2) is 5.78 Å². The van der Waals surface area contributed by atoms with Gasteiger partial charge in [-0.15, -0.1) is 0 Å². The number of aryl methyl sites for hydroxylation is 1. The first-order valence-corrected chi connectivity index (χ1v) is 12.2. The first kappa shape index (κ1) is 22.2. The predicted molar refractivity (Wildman–Crippen MR) is 119 cm³/mol. The van der Waals surface area contributed by atoms with Crippen LogP contribution in [-0.4, -0.2) is 30.9 Å². The molecule has 1 heterocycles. The summed E-state index contributed by atoms with van der Waals surface area (Å²) in [7, 11) is -3.94. The van der Waals surface area contributed by atoms with E-state index in [4.69, 9.17) is 0 Å². The molecule has 0 aromatic heterocycles. The summed E-state index contributed by atoms with van der Waals surface area (Å²) in [6.45, 7) is 3.16. The van der Waals surface area contributed by atoms with Crippen LogP contribution >= 0.6 is 0 Å². The summed E-state index contributed by atoms with van der Waals surface area (Å²) < 4.78 is 28.7. The Bertz CT molecular complexity index is 1180. The summed E-state index contributed by atoms with van der Waals surface area (Å²) in [6, 6.07) is 11.2. The highest BCUT2D eigenvalue weighted by Crippen LogP contribution is 2.38. The fourth-order valence-electron chi connectivity index (χ4n) is 4.61. The molecule has 0 spiro atoms. The zero-order chi connectivity index (χ0) is 23.0. The van der Waals surface area contributed by atoms with Crippen LogP contribution in [0.2, 0.25) is 0 Å². The Kier molecular flexibility index (Phi) is 5.90. The van der Waals surface area contributed by atoms with E-state index in [1.807, 2.05) is 0 Å². The Hall–Kier alpha value is -3.00. The van der Waals surface area contributed by atoms with Crippen molar-refractivity contribution in [2.45, 2.75) is 51.0 Å². The summed E-state index contributed by atoms with van der Waals surface area (Å²) in [4.78, 5) is 38.5. The number of ketones is 1. The number of likely N-dealkylation sites (tertiary alicyclic amines) is 1. The van der Waals surface area contributed by atoms with Crippen LogP contribution in [-0.2, 0) is 26.2 Å². The van der Waals surface area contributed by atoms with Crippen LogP contribution < -0.4 is 4.72 Å². The molecule has 7 nitrogen and oxygen atoms in total. The number of nitrogens with one attached hydrogen (secondary N) is 1. The van der Waals surface area contributed by atoms with Crippen LogP contribution in [0.25, 0.3) is 0 Å². The zero-order valence-electron chi connectivity index (χ0n) is 18.1. The fourth-order valence-corrected chi connectivity index (χ4v) is 5.96. The standard InChI is InChI=1S/C24H26N2O5S/c1-15-10-11-17(14-26-23(28)20-8-3-4-9-21(20)24(26)29)12-22(15)32(30,31)25-19-7-5-6-18(13-19)16(2)27/h5-7,10-13,20-21,25H,3-4,8-9,14H2,1-2H3/t20-,21-/m1/s1. The molecule has 1 saturated carbocycles. The number of hydrogen-bond donors (Lipinski definition) is 1. The molecular weight excluding hydrogens is 428 g/mol. The Morgan fingerprint density at radius 1 is 1.03 bits per heavy atom. The first-order valence-electron chi connectivity index (χ1n) is 10.8. The number of Topliss-reactive ketones (excluding diaryl/α,β-unsaturated/α-hetero) is 1. The van der Waals surface area contributed by atoms with Gasteiger partial charge < -0.3 is 0 Å². The van der Waals surface area contributed by atoms with Crippen molar-refractivity contribution >= 4 is 33.3 Å². The number of carbonyl (C=O) groups excluding carboxylic acids is 3. The van der Waals surface area contributed by atoms with Gasteiger partial charge in [0, 0.05) is 11.3 Å².